The Morgan fingerprint density at radius 1 is 1.38 bits per heavy atom. The summed E-state index contributed by atoms with van der Waals surface area (Å²) in [5, 5.41) is 0. The van der Waals surface area contributed by atoms with Crippen LogP contribution in [0.4, 0.5) is 0 Å². The van der Waals surface area contributed by atoms with Crippen molar-refractivity contribution < 1.29 is 9.47 Å². The lowest BCUT2D eigenvalue weighted by atomic mass is 10.1. The van der Waals surface area contributed by atoms with E-state index in [1.54, 1.807) is 7.11 Å². The molecule has 0 aliphatic carbocycles. The number of morpholine rings is 1. The largest absolute Gasteiger partial charge is 0.379 e. The molecule has 78 valence electrons. The normalized spacial score (nSPS) is 27.9. The summed E-state index contributed by atoms with van der Waals surface area (Å²) in [5.74, 6) is 0. The molecule has 0 amide bonds. The van der Waals surface area contributed by atoms with Crippen molar-refractivity contribution in [3.63, 3.8) is 0 Å². The molecule has 1 fully saturated rings. The lowest BCUT2D eigenvalue weighted by Crippen LogP contribution is -2.49. The first kappa shape index (κ1) is 11.0. The third-order valence-electron chi connectivity index (χ3n) is 2.75. The van der Waals surface area contributed by atoms with E-state index in [1.165, 1.54) is 0 Å². The molecule has 0 N–H and O–H groups in total. The molecule has 13 heavy (non-hydrogen) atoms. The summed E-state index contributed by atoms with van der Waals surface area (Å²) in [6, 6.07) is 0.607. The second-order valence-electron chi connectivity index (χ2n) is 3.94. The second kappa shape index (κ2) is 4.94. The van der Waals surface area contributed by atoms with Crippen LogP contribution in [-0.2, 0) is 9.47 Å². The molecule has 0 radical (unpaired) electrons. The molecule has 0 bridgehead atoms. The van der Waals surface area contributed by atoms with Crippen LogP contribution in [0.3, 0.4) is 0 Å². The molecule has 0 spiro atoms. The van der Waals surface area contributed by atoms with Crippen molar-refractivity contribution in [2.45, 2.75) is 39.0 Å². The quantitative estimate of drug-likeness (QED) is 0.661. The highest BCUT2D eigenvalue weighted by Gasteiger charge is 2.26. The molecule has 0 aromatic heterocycles. The van der Waals surface area contributed by atoms with Crippen LogP contribution in [-0.4, -0.2) is 50.0 Å². The summed E-state index contributed by atoms with van der Waals surface area (Å²) in [5.41, 5.74) is 0. The van der Waals surface area contributed by atoms with E-state index in [0.717, 1.165) is 19.7 Å². The van der Waals surface area contributed by atoms with Crippen molar-refractivity contribution in [2.75, 3.05) is 26.8 Å². The first-order valence-electron chi connectivity index (χ1n) is 5.03. The summed E-state index contributed by atoms with van der Waals surface area (Å²) < 4.78 is 10.9. The first-order valence-corrected chi connectivity index (χ1v) is 5.03. The molecule has 3 nitrogen and oxygen atoms in total. The Morgan fingerprint density at radius 3 is 2.62 bits per heavy atom. The zero-order chi connectivity index (χ0) is 9.84. The van der Waals surface area contributed by atoms with Crippen molar-refractivity contribution >= 4 is 0 Å². The summed E-state index contributed by atoms with van der Waals surface area (Å²) >= 11 is 0. The number of hydrogen-bond acceptors (Lipinski definition) is 3. The van der Waals surface area contributed by atoms with Crippen LogP contribution in [0.5, 0.6) is 0 Å². The van der Waals surface area contributed by atoms with Crippen LogP contribution in [0.25, 0.3) is 0 Å². The van der Waals surface area contributed by atoms with Gasteiger partial charge in [0.1, 0.15) is 0 Å². The molecule has 2 atom stereocenters. The molecule has 0 aromatic rings. The predicted octanol–water partition coefficient (Wildman–Crippen LogP) is 1.13. The molecule has 0 aromatic carbocycles. The number of hydrogen-bond donors (Lipinski definition) is 0. The molecule has 0 saturated carbocycles. The van der Waals surface area contributed by atoms with Gasteiger partial charge in [-0.05, 0) is 20.8 Å². The lowest BCUT2D eigenvalue weighted by molar-refractivity contribution is -0.0998. The van der Waals surface area contributed by atoms with Gasteiger partial charge in [-0.15, -0.1) is 0 Å². The minimum Gasteiger partial charge on any atom is -0.379 e. The number of ether oxygens (including phenoxy) is 2. The third kappa shape index (κ3) is 2.93. The van der Waals surface area contributed by atoms with Gasteiger partial charge in [-0.2, -0.15) is 0 Å². The van der Waals surface area contributed by atoms with Crippen LogP contribution >= 0.6 is 0 Å². The zero-order valence-corrected chi connectivity index (χ0v) is 9.12. The highest BCUT2D eigenvalue weighted by Crippen LogP contribution is 2.12. The molecule has 1 saturated heterocycles. The number of nitrogens with zero attached hydrogens (tertiary/aromatic N) is 1. The first-order chi connectivity index (χ1) is 6.15. The van der Waals surface area contributed by atoms with E-state index in [1.807, 2.05) is 0 Å². The van der Waals surface area contributed by atoms with Gasteiger partial charge < -0.3 is 9.47 Å². The van der Waals surface area contributed by atoms with Crippen molar-refractivity contribution in [3.8, 4) is 0 Å². The van der Waals surface area contributed by atoms with Crippen molar-refractivity contribution in [3.05, 3.63) is 0 Å². The molecule has 1 aliphatic heterocycles. The Kier molecular flexibility index (Phi) is 4.16. The van der Waals surface area contributed by atoms with E-state index in [0.29, 0.717) is 6.04 Å². The molecule has 1 aliphatic rings. The maximum atomic E-state index is 5.64. The van der Waals surface area contributed by atoms with Gasteiger partial charge in [0.15, 0.2) is 0 Å². The predicted molar refractivity (Wildman–Crippen MR) is 52.9 cm³/mol. The Morgan fingerprint density at radius 2 is 2.08 bits per heavy atom. The van der Waals surface area contributed by atoms with Gasteiger partial charge in [0, 0.05) is 26.2 Å². The third-order valence-corrected chi connectivity index (χ3v) is 2.75. The fourth-order valence-electron chi connectivity index (χ4n) is 1.60. The lowest BCUT2D eigenvalue weighted by Gasteiger charge is -2.37. The van der Waals surface area contributed by atoms with Gasteiger partial charge in [0.2, 0.25) is 0 Å². The SMILES string of the molecule is CO[C@H](C)C1CN(C(C)C)CCO1. The molecule has 1 heterocycles. The van der Waals surface area contributed by atoms with Gasteiger partial charge in [-0.1, -0.05) is 0 Å². The summed E-state index contributed by atoms with van der Waals surface area (Å²) in [6.45, 7) is 9.38. The Hall–Kier alpha value is -0.120. The van der Waals surface area contributed by atoms with E-state index in [9.17, 15) is 0 Å². The van der Waals surface area contributed by atoms with E-state index >= 15 is 0 Å². The maximum Gasteiger partial charge on any atom is 0.0960 e. The van der Waals surface area contributed by atoms with Crippen molar-refractivity contribution in [1.82, 2.24) is 4.90 Å². The van der Waals surface area contributed by atoms with Gasteiger partial charge in [0.05, 0.1) is 18.8 Å². The molecule has 1 rings (SSSR count). The van der Waals surface area contributed by atoms with Crippen LogP contribution in [0, 0.1) is 0 Å². The standard InChI is InChI=1S/C10H21NO2/c1-8(2)11-5-6-13-10(7-11)9(3)12-4/h8-10H,5-7H2,1-4H3/t9-,10?/m1/s1. The Labute approximate surface area is 81.0 Å². The minimum absolute atomic E-state index is 0.196. The number of rotatable bonds is 3. The summed E-state index contributed by atoms with van der Waals surface area (Å²) in [7, 11) is 1.74. The molecular formula is C10H21NO2. The Balaban J connectivity index is 2.41. The van der Waals surface area contributed by atoms with Crippen LogP contribution in [0.15, 0.2) is 0 Å². The monoisotopic (exact) mass is 187 g/mol. The highest BCUT2D eigenvalue weighted by molar-refractivity contribution is 4.77. The molecule has 1 unspecified atom stereocenters. The van der Waals surface area contributed by atoms with Gasteiger partial charge in [-0.25, -0.2) is 0 Å². The van der Waals surface area contributed by atoms with Crippen LogP contribution in [0.2, 0.25) is 0 Å². The summed E-state index contributed by atoms with van der Waals surface area (Å²) in [6.07, 6.45) is 0.433. The topological polar surface area (TPSA) is 21.7 Å². The second-order valence-corrected chi connectivity index (χ2v) is 3.94. The molecule has 3 heteroatoms. The fraction of sp³-hybridized carbons (Fsp3) is 1.00. The van der Waals surface area contributed by atoms with E-state index in [-0.39, 0.29) is 12.2 Å². The van der Waals surface area contributed by atoms with E-state index < -0.39 is 0 Å². The fourth-order valence-corrected chi connectivity index (χ4v) is 1.60. The average Bonchev–Trinajstić information content (AvgIpc) is 2.17. The zero-order valence-electron chi connectivity index (χ0n) is 9.12. The van der Waals surface area contributed by atoms with Gasteiger partial charge >= 0.3 is 0 Å². The van der Waals surface area contributed by atoms with Gasteiger partial charge in [-0.3, -0.25) is 4.90 Å². The van der Waals surface area contributed by atoms with E-state index in [4.69, 9.17) is 9.47 Å². The summed E-state index contributed by atoms with van der Waals surface area (Å²) in [4.78, 5) is 2.43. The van der Waals surface area contributed by atoms with Crippen LogP contribution < -0.4 is 0 Å². The van der Waals surface area contributed by atoms with Crippen molar-refractivity contribution in [2.24, 2.45) is 0 Å². The molecular weight excluding hydrogens is 166 g/mol. The number of methoxy groups -OCH3 is 1. The smallest absolute Gasteiger partial charge is 0.0960 e. The van der Waals surface area contributed by atoms with Crippen LogP contribution in [0.1, 0.15) is 20.8 Å². The average molecular weight is 187 g/mol. The maximum absolute atomic E-state index is 5.64. The highest BCUT2D eigenvalue weighted by atomic mass is 16.5. The van der Waals surface area contributed by atoms with E-state index in [2.05, 4.69) is 25.7 Å². The minimum atomic E-state index is 0.196. The van der Waals surface area contributed by atoms with Crippen molar-refractivity contribution in [1.29, 1.82) is 0 Å². The Bertz CT molecular complexity index is 150. The van der Waals surface area contributed by atoms with Gasteiger partial charge in [0.25, 0.3) is 0 Å².